The number of amides is 2. The predicted octanol–water partition coefficient (Wildman–Crippen LogP) is 3.98. The van der Waals surface area contributed by atoms with Crippen molar-refractivity contribution in [1.29, 1.82) is 0 Å². The van der Waals surface area contributed by atoms with Crippen LogP contribution in [0.15, 0.2) is 24.3 Å². The molecule has 0 atom stereocenters. The van der Waals surface area contributed by atoms with Crippen LogP contribution in [0.25, 0.3) is 0 Å². The SMILES string of the molecule is CC(=O)c1ccc(NC(=O)NCCC2CCCCC2)cc1. The van der Waals surface area contributed by atoms with E-state index in [9.17, 15) is 9.59 Å². The Morgan fingerprint density at radius 2 is 1.76 bits per heavy atom. The topological polar surface area (TPSA) is 58.2 Å². The van der Waals surface area contributed by atoms with E-state index in [1.807, 2.05) is 0 Å². The maximum absolute atomic E-state index is 11.8. The third kappa shape index (κ3) is 5.21. The molecule has 0 aliphatic heterocycles. The molecule has 1 aromatic carbocycles. The third-order valence-corrected chi connectivity index (χ3v) is 4.11. The second kappa shape index (κ2) is 7.81. The van der Waals surface area contributed by atoms with E-state index in [1.165, 1.54) is 39.0 Å². The van der Waals surface area contributed by atoms with Gasteiger partial charge >= 0.3 is 6.03 Å². The van der Waals surface area contributed by atoms with Crippen molar-refractivity contribution in [2.75, 3.05) is 11.9 Å². The van der Waals surface area contributed by atoms with Crippen LogP contribution in [-0.2, 0) is 0 Å². The van der Waals surface area contributed by atoms with E-state index in [-0.39, 0.29) is 11.8 Å². The van der Waals surface area contributed by atoms with Crippen molar-refractivity contribution in [3.8, 4) is 0 Å². The molecule has 4 nitrogen and oxygen atoms in total. The summed E-state index contributed by atoms with van der Waals surface area (Å²) in [4.78, 5) is 23.0. The zero-order valence-corrected chi connectivity index (χ0v) is 12.7. The molecule has 0 heterocycles. The van der Waals surface area contributed by atoms with E-state index in [2.05, 4.69) is 10.6 Å². The zero-order valence-electron chi connectivity index (χ0n) is 12.7. The monoisotopic (exact) mass is 288 g/mol. The minimum atomic E-state index is -0.179. The number of rotatable bonds is 5. The summed E-state index contributed by atoms with van der Waals surface area (Å²) in [5, 5.41) is 5.68. The molecular weight excluding hydrogens is 264 g/mol. The van der Waals surface area contributed by atoms with Gasteiger partial charge in [-0.05, 0) is 43.5 Å². The summed E-state index contributed by atoms with van der Waals surface area (Å²) in [6.45, 7) is 2.25. The fraction of sp³-hybridized carbons (Fsp3) is 0.529. The summed E-state index contributed by atoms with van der Waals surface area (Å²) < 4.78 is 0. The molecule has 0 unspecified atom stereocenters. The zero-order chi connectivity index (χ0) is 15.1. The van der Waals surface area contributed by atoms with Crippen molar-refractivity contribution in [3.05, 3.63) is 29.8 Å². The number of carbonyl (C=O) groups is 2. The molecule has 1 aromatic rings. The lowest BCUT2D eigenvalue weighted by molar-refractivity contribution is 0.101. The van der Waals surface area contributed by atoms with Crippen molar-refractivity contribution in [1.82, 2.24) is 5.32 Å². The van der Waals surface area contributed by atoms with Crippen molar-refractivity contribution in [2.24, 2.45) is 5.92 Å². The van der Waals surface area contributed by atoms with Crippen LogP contribution in [-0.4, -0.2) is 18.4 Å². The quantitative estimate of drug-likeness (QED) is 0.805. The molecule has 4 heteroatoms. The van der Waals surface area contributed by atoms with Gasteiger partial charge in [0.25, 0.3) is 0 Å². The van der Waals surface area contributed by atoms with Gasteiger partial charge < -0.3 is 10.6 Å². The molecule has 0 bridgehead atoms. The third-order valence-electron chi connectivity index (χ3n) is 4.11. The lowest BCUT2D eigenvalue weighted by Gasteiger charge is -2.21. The van der Waals surface area contributed by atoms with Crippen LogP contribution in [0.5, 0.6) is 0 Å². The van der Waals surface area contributed by atoms with Gasteiger partial charge in [0.15, 0.2) is 5.78 Å². The average Bonchev–Trinajstić information content (AvgIpc) is 2.49. The summed E-state index contributed by atoms with van der Waals surface area (Å²) in [6.07, 6.45) is 7.70. The highest BCUT2D eigenvalue weighted by Gasteiger charge is 2.13. The van der Waals surface area contributed by atoms with Gasteiger partial charge in [-0.15, -0.1) is 0 Å². The number of ketones is 1. The Hall–Kier alpha value is -1.84. The largest absolute Gasteiger partial charge is 0.338 e. The fourth-order valence-corrected chi connectivity index (χ4v) is 2.83. The molecule has 0 spiro atoms. The van der Waals surface area contributed by atoms with Gasteiger partial charge in [-0.25, -0.2) is 4.79 Å². The van der Waals surface area contributed by atoms with E-state index in [4.69, 9.17) is 0 Å². The molecule has 21 heavy (non-hydrogen) atoms. The fourth-order valence-electron chi connectivity index (χ4n) is 2.83. The van der Waals surface area contributed by atoms with Crippen molar-refractivity contribution >= 4 is 17.5 Å². The molecule has 1 fully saturated rings. The van der Waals surface area contributed by atoms with Gasteiger partial charge in [-0.1, -0.05) is 32.1 Å². The lowest BCUT2D eigenvalue weighted by atomic mass is 9.87. The van der Waals surface area contributed by atoms with E-state index in [0.29, 0.717) is 11.3 Å². The summed E-state index contributed by atoms with van der Waals surface area (Å²) in [5.74, 6) is 0.799. The minimum Gasteiger partial charge on any atom is -0.338 e. The summed E-state index contributed by atoms with van der Waals surface area (Å²) >= 11 is 0. The number of urea groups is 1. The molecule has 0 radical (unpaired) electrons. The normalized spacial score (nSPS) is 15.5. The van der Waals surface area contributed by atoms with Gasteiger partial charge in [0.05, 0.1) is 0 Å². The molecule has 114 valence electrons. The maximum Gasteiger partial charge on any atom is 0.319 e. The second-order valence-corrected chi connectivity index (χ2v) is 5.81. The average molecular weight is 288 g/mol. The first-order valence-corrected chi connectivity index (χ1v) is 7.81. The van der Waals surface area contributed by atoms with Crippen molar-refractivity contribution in [3.63, 3.8) is 0 Å². The van der Waals surface area contributed by atoms with E-state index < -0.39 is 0 Å². The Kier molecular flexibility index (Phi) is 5.78. The number of Topliss-reactive ketones (excluding diaryl/α,β-unsaturated/α-hetero) is 1. The smallest absolute Gasteiger partial charge is 0.319 e. The van der Waals surface area contributed by atoms with Gasteiger partial charge in [0.2, 0.25) is 0 Å². The first-order valence-electron chi connectivity index (χ1n) is 7.81. The van der Waals surface area contributed by atoms with E-state index in [1.54, 1.807) is 24.3 Å². The highest BCUT2D eigenvalue weighted by molar-refractivity contribution is 5.95. The predicted molar refractivity (Wildman–Crippen MR) is 84.7 cm³/mol. The van der Waals surface area contributed by atoms with Crippen LogP contribution >= 0.6 is 0 Å². The van der Waals surface area contributed by atoms with Crippen LogP contribution < -0.4 is 10.6 Å². The number of hydrogen-bond donors (Lipinski definition) is 2. The van der Waals surface area contributed by atoms with Crippen LogP contribution in [0.4, 0.5) is 10.5 Å². The van der Waals surface area contributed by atoms with Crippen molar-refractivity contribution in [2.45, 2.75) is 45.4 Å². The first kappa shape index (κ1) is 15.5. The number of benzene rings is 1. The van der Waals surface area contributed by atoms with E-state index in [0.717, 1.165) is 18.9 Å². The number of nitrogens with one attached hydrogen (secondary N) is 2. The molecule has 2 amide bonds. The number of anilines is 1. The Morgan fingerprint density at radius 3 is 2.38 bits per heavy atom. The molecule has 0 saturated heterocycles. The number of hydrogen-bond acceptors (Lipinski definition) is 2. The Bertz CT molecular complexity index is 476. The van der Waals surface area contributed by atoms with Gasteiger partial charge in [0.1, 0.15) is 0 Å². The van der Waals surface area contributed by atoms with Crippen LogP contribution in [0.2, 0.25) is 0 Å². The van der Waals surface area contributed by atoms with Crippen LogP contribution in [0.1, 0.15) is 55.8 Å². The van der Waals surface area contributed by atoms with E-state index >= 15 is 0 Å². The second-order valence-electron chi connectivity index (χ2n) is 5.81. The Balaban J connectivity index is 1.70. The molecule has 1 saturated carbocycles. The standard InChI is InChI=1S/C17H24N2O2/c1-13(20)15-7-9-16(10-8-15)19-17(21)18-12-11-14-5-3-2-4-6-14/h7-10,14H,2-6,11-12H2,1H3,(H2,18,19,21). The summed E-state index contributed by atoms with van der Waals surface area (Å²) in [7, 11) is 0. The van der Waals surface area contributed by atoms with Gasteiger partial charge in [-0.2, -0.15) is 0 Å². The number of carbonyl (C=O) groups excluding carboxylic acids is 2. The summed E-state index contributed by atoms with van der Waals surface area (Å²) in [6, 6.07) is 6.76. The highest BCUT2D eigenvalue weighted by Crippen LogP contribution is 2.25. The first-order chi connectivity index (χ1) is 10.1. The Labute approximate surface area is 126 Å². The summed E-state index contributed by atoms with van der Waals surface area (Å²) in [5.41, 5.74) is 1.36. The molecule has 1 aliphatic carbocycles. The Morgan fingerprint density at radius 1 is 1.10 bits per heavy atom. The molecule has 2 N–H and O–H groups in total. The van der Waals surface area contributed by atoms with Crippen LogP contribution in [0.3, 0.4) is 0 Å². The molecule has 2 rings (SSSR count). The molecule has 0 aromatic heterocycles. The lowest BCUT2D eigenvalue weighted by Crippen LogP contribution is -2.30. The highest BCUT2D eigenvalue weighted by atomic mass is 16.2. The van der Waals surface area contributed by atoms with Gasteiger partial charge in [0, 0.05) is 17.8 Å². The van der Waals surface area contributed by atoms with Crippen molar-refractivity contribution < 1.29 is 9.59 Å². The maximum atomic E-state index is 11.8. The molecular formula is C17H24N2O2. The minimum absolute atomic E-state index is 0.0264. The van der Waals surface area contributed by atoms with Crippen LogP contribution in [0, 0.1) is 5.92 Å². The molecule has 1 aliphatic rings. The van der Waals surface area contributed by atoms with Gasteiger partial charge in [-0.3, -0.25) is 4.79 Å².